The molecule has 0 aliphatic rings. The summed E-state index contributed by atoms with van der Waals surface area (Å²) in [5.41, 5.74) is 1.90. The van der Waals surface area contributed by atoms with Crippen molar-refractivity contribution in [3.8, 4) is 0 Å². The maximum absolute atomic E-state index is 9.00. The molecule has 0 unspecified atom stereocenters. The van der Waals surface area contributed by atoms with Gasteiger partial charge in [-0.25, -0.2) is 0 Å². The molecule has 0 heterocycles. The Morgan fingerprint density at radius 2 is 1.73 bits per heavy atom. The zero-order valence-electron chi connectivity index (χ0n) is 9.66. The molecular weight excluding hydrogens is 377 g/mol. The molecule has 0 saturated carbocycles. The van der Waals surface area contributed by atoms with Gasteiger partial charge in [0.05, 0.1) is 0 Å². The minimum absolute atomic E-state index is 0.421. The molecule has 1 aromatic carbocycles. The number of rotatable bonds is 2. The van der Waals surface area contributed by atoms with Crippen molar-refractivity contribution in [1.82, 2.24) is 0 Å². The monoisotopic (exact) mass is 395 g/mol. The molecule has 0 spiro atoms. The van der Waals surface area contributed by atoms with Crippen molar-refractivity contribution in [3.05, 3.63) is 35.9 Å². The summed E-state index contributed by atoms with van der Waals surface area (Å²) in [4.78, 5) is 9.00. The van der Waals surface area contributed by atoms with Crippen LogP contribution in [0, 0.1) is 0 Å². The maximum atomic E-state index is 9.00. The zero-order valence-corrected chi connectivity index (χ0v) is 15.2. The molecule has 0 amide bonds. The molecule has 2 nitrogen and oxygen atoms in total. The molecular formula is C12H17HgO2. The first-order valence-electron chi connectivity index (χ1n) is 4.94. The number of carbonyl (C=O) groups is 1. The Morgan fingerprint density at radius 3 is 2.07 bits per heavy atom. The molecule has 0 atom stereocenters. The van der Waals surface area contributed by atoms with E-state index in [0.717, 1.165) is 33.0 Å². The van der Waals surface area contributed by atoms with Crippen molar-refractivity contribution >= 4 is 5.97 Å². The second-order valence-corrected chi connectivity index (χ2v) is 5.96. The Hall–Kier alpha value is -0.375. The summed E-state index contributed by atoms with van der Waals surface area (Å²) < 4.78 is 1.39. The average molecular weight is 394 g/mol. The van der Waals surface area contributed by atoms with Crippen LogP contribution in [-0.2, 0) is 36.3 Å². The minimum atomic E-state index is -0.833. The van der Waals surface area contributed by atoms with Crippen LogP contribution in [0.3, 0.4) is 0 Å². The van der Waals surface area contributed by atoms with E-state index >= 15 is 0 Å². The topological polar surface area (TPSA) is 37.3 Å². The summed E-state index contributed by atoms with van der Waals surface area (Å²) in [6.45, 7) is 5.74. The van der Waals surface area contributed by atoms with Crippen molar-refractivity contribution in [2.24, 2.45) is 0 Å². The van der Waals surface area contributed by atoms with Gasteiger partial charge < -0.3 is 5.11 Å². The van der Waals surface area contributed by atoms with E-state index in [1.54, 1.807) is 0 Å². The van der Waals surface area contributed by atoms with Crippen molar-refractivity contribution in [2.75, 3.05) is 0 Å². The fourth-order valence-corrected chi connectivity index (χ4v) is 2.16. The van der Waals surface area contributed by atoms with Crippen molar-refractivity contribution in [2.45, 2.75) is 30.1 Å². The molecule has 0 bridgehead atoms. The molecule has 1 rings (SSSR count). The number of hydrogen-bond acceptors (Lipinski definition) is 1. The van der Waals surface area contributed by atoms with Gasteiger partial charge in [-0.1, -0.05) is 0 Å². The summed E-state index contributed by atoms with van der Waals surface area (Å²) in [6.07, 6.45) is 0. The van der Waals surface area contributed by atoms with Crippen LogP contribution in [0.25, 0.3) is 0 Å². The van der Waals surface area contributed by atoms with Crippen LogP contribution < -0.4 is 0 Å². The number of benzene rings is 1. The van der Waals surface area contributed by atoms with Gasteiger partial charge in [0.25, 0.3) is 5.97 Å². The second kappa shape index (κ2) is 6.99. The summed E-state index contributed by atoms with van der Waals surface area (Å²) in [7, 11) is 0. The molecule has 1 N–H and O–H groups in total. The van der Waals surface area contributed by atoms with Crippen LogP contribution in [0.4, 0.5) is 0 Å². The van der Waals surface area contributed by atoms with Gasteiger partial charge in [-0.3, -0.25) is 4.79 Å². The Kier molecular flexibility index (Phi) is 6.82. The van der Waals surface area contributed by atoms with Crippen LogP contribution in [0.5, 0.6) is 0 Å². The van der Waals surface area contributed by atoms with Gasteiger partial charge >= 0.3 is 85.2 Å². The predicted molar refractivity (Wildman–Crippen MR) is 57.6 cm³/mol. The van der Waals surface area contributed by atoms with E-state index in [9.17, 15) is 0 Å². The number of hydrogen-bond donors (Lipinski definition) is 1. The molecule has 15 heavy (non-hydrogen) atoms. The third-order valence-corrected chi connectivity index (χ3v) is 7.04. The average Bonchev–Trinajstić information content (AvgIpc) is 2.18. The quantitative estimate of drug-likeness (QED) is 0.784. The standard InChI is InChI=1S/C10H13.C2H4O2.Hg/c1-10(2,3)9-7-5-4-6-8-9;1-2(3)4;/h4-8H,1H2,2-3H3;1H3,(H,3,4);. The number of carboxylic acid groups (broad SMARTS) is 1. The van der Waals surface area contributed by atoms with E-state index < -0.39 is 5.97 Å². The van der Waals surface area contributed by atoms with Gasteiger partial charge in [0.1, 0.15) is 0 Å². The second-order valence-electron chi connectivity index (χ2n) is 4.02. The van der Waals surface area contributed by atoms with Crippen molar-refractivity contribution in [3.63, 3.8) is 0 Å². The van der Waals surface area contributed by atoms with Gasteiger partial charge in [0, 0.05) is 6.92 Å². The van der Waals surface area contributed by atoms with Crippen molar-refractivity contribution in [1.29, 1.82) is 0 Å². The number of carboxylic acids is 1. The zero-order chi connectivity index (χ0) is 11.9. The first-order chi connectivity index (χ1) is 6.90. The molecule has 0 saturated heterocycles. The summed E-state index contributed by atoms with van der Waals surface area (Å²) >= 11 is 0.903. The van der Waals surface area contributed by atoms with Crippen molar-refractivity contribution < 1.29 is 36.0 Å². The summed E-state index contributed by atoms with van der Waals surface area (Å²) in [5, 5.41) is 7.42. The molecule has 1 aromatic rings. The van der Waals surface area contributed by atoms with Crippen LogP contribution in [0.2, 0.25) is 3.93 Å². The Balaban J connectivity index is 0.000000423. The van der Waals surface area contributed by atoms with Gasteiger partial charge in [0.2, 0.25) is 0 Å². The van der Waals surface area contributed by atoms with E-state index in [0.29, 0.717) is 5.41 Å². The van der Waals surface area contributed by atoms with Gasteiger partial charge in [-0.15, -0.1) is 0 Å². The Bertz CT molecular complexity index is 290. The van der Waals surface area contributed by atoms with E-state index in [4.69, 9.17) is 9.90 Å². The molecule has 0 radical (unpaired) electrons. The predicted octanol–water partition coefficient (Wildman–Crippen LogP) is 3.02. The SMILES string of the molecule is CC(=O)O.CC(C)([CH2][Hg])c1ccccc1. The van der Waals surface area contributed by atoms with E-state index in [-0.39, 0.29) is 0 Å². The van der Waals surface area contributed by atoms with Gasteiger partial charge in [0.15, 0.2) is 0 Å². The molecule has 0 aromatic heterocycles. The van der Waals surface area contributed by atoms with Crippen LogP contribution in [-0.4, -0.2) is 11.1 Å². The summed E-state index contributed by atoms with van der Waals surface area (Å²) in [6, 6.07) is 10.8. The normalized spacial score (nSPS) is 10.2. The van der Waals surface area contributed by atoms with E-state index in [1.807, 2.05) is 0 Å². The summed E-state index contributed by atoms with van der Waals surface area (Å²) in [5.74, 6) is -0.833. The third-order valence-electron chi connectivity index (χ3n) is 2.18. The van der Waals surface area contributed by atoms with Crippen LogP contribution in [0.15, 0.2) is 30.3 Å². The number of aliphatic carboxylic acids is 1. The fourth-order valence-electron chi connectivity index (χ4n) is 1.03. The molecule has 0 fully saturated rings. The van der Waals surface area contributed by atoms with Crippen LogP contribution >= 0.6 is 0 Å². The first-order valence-corrected chi connectivity index (χ1v) is 8.83. The third kappa shape index (κ3) is 6.66. The van der Waals surface area contributed by atoms with Gasteiger partial charge in [-0.05, 0) is 0 Å². The van der Waals surface area contributed by atoms with Gasteiger partial charge in [-0.2, -0.15) is 0 Å². The Morgan fingerprint density at radius 1 is 1.33 bits per heavy atom. The van der Waals surface area contributed by atoms with Crippen LogP contribution in [0.1, 0.15) is 26.3 Å². The first kappa shape index (κ1) is 14.6. The van der Waals surface area contributed by atoms with E-state index in [1.165, 1.54) is 9.49 Å². The molecule has 3 heteroatoms. The fraction of sp³-hybridized carbons (Fsp3) is 0.417. The molecule has 0 aliphatic carbocycles. The Labute approximate surface area is 108 Å². The molecule has 0 aliphatic heterocycles. The molecule has 79 valence electrons. The van der Waals surface area contributed by atoms with E-state index in [2.05, 4.69) is 44.2 Å².